The highest BCUT2D eigenvalue weighted by atomic mass is 35.5. The first-order chi connectivity index (χ1) is 9.55. The Kier molecular flexibility index (Phi) is 8.01. The van der Waals surface area contributed by atoms with Crippen molar-refractivity contribution in [1.29, 1.82) is 0 Å². The molecule has 1 aromatic carbocycles. The second-order valence-corrected chi connectivity index (χ2v) is 6.71. The number of benzene rings is 1. The van der Waals surface area contributed by atoms with Crippen molar-refractivity contribution >= 4 is 24.2 Å². The summed E-state index contributed by atoms with van der Waals surface area (Å²) in [5.74, 6) is 0.972. The lowest BCUT2D eigenvalue weighted by Gasteiger charge is -2.36. The number of halogens is 1. The summed E-state index contributed by atoms with van der Waals surface area (Å²) in [6.07, 6.45) is 4.98. The van der Waals surface area contributed by atoms with E-state index in [1.165, 1.54) is 31.2 Å². The number of hydrogen-bond acceptors (Lipinski definition) is 2. The van der Waals surface area contributed by atoms with E-state index >= 15 is 0 Å². The Bertz CT molecular complexity index is 371. The van der Waals surface area contributed by atoms with Crippen LogP contribution in [0.1, 0.15) is 45.1 Å². The molecule has 0 aliphatic heterocycles. The molecule has 0 fully saturated rings. The molecule has 0 saturated heterocycles. The predicted octanol–water partition coefficient (Wildman–Crippen LogP) is 5.29. The normalized spacial score (nSPS) is 12.1. The maximum Gasteiger partial charge on any atom is 0.0406 e. The van der Waals surface area contributed by atoms with Crippen LogP contribution in [-0.2, 0) is 6.54 Å². The van der Waals surface area contributed by atoms with Crippen molar-refractivity contribution in [1.82, 2.24) is 4.90 Å². The molecule has 0 saturated carbocycles. The van der Waals surface area contributed by atoms with Gasteiger partial charge < -0.3 is 4.90 Å². The van der Waals surface area contributed by atoms with E-state index in [0.29, 0.717) is 5.41 Å². The smallest absolute Gasteiger partial charge is 0.0406 e. The van der Waals surface area contributed by atoms with Crippen molar-refractivity contribution in [3.63, 3.8) is 0 Å². The Morgan fingerprint density at radius 2 is 1.65 bits per heavy atom. The van der Waals surface area contributed by atoms with Crippen LogP contribution in [0.15, 0.2) is 24.3 Å². The Hall–Kier alpha value is -0.180. The van der Waals surface area contributed by atoms with Gasteiger partial charge in [-0.15, -0.1) is 0 Å². The highest BCUT2D eigenvalue weighted by Gasteiger charge is 2.28. The van der Waals surface area contributed by atoms with Gasteiger partial charge in [0.25, 0.3) is 0 Å². The summed E-state index contributed by atoms with van der Waals surface area (Å²) in [6.45, 7) is 6.63. The summed E-state index contributed by atoms with van der Waals surface area (Å²) in [5, 5.41) is 0.804. The monoisotopic (exact) mass is 313 g/mol. The molecule has 1 aromatic rings. The van der Waals surface area contributed by atoms with Gasteiger partial charge >= 0.3 is 0 Å². The summed E-state index contributed by atoms with van der Waals surface area (Å²) in [7, 11) is 2.21. The first-order valence-corrected chi connectivity index (χ1v) is 8.60. The third-order valence-corrected chi connectivity index (χ3v) is 4.79. The van der Waals surface area contributed by atoms with Gasteiger partial charge in [-0.2, -0.15) is 12.6 Å². The lowest BCUT2D eigenvalue weighted by molar-refractivity contribution is 0.165. The average molecular weight is 314 g/mol. The number of rotatable bonds is 9. The second-order valence-electron chi connectivity index (χ2n) is 5.96. The molecule has 0 bridgehead atoms. The van der Waals surface area contributed by atoms with Gasteiger partial charge in [-0.1, -0.05) is 50.4 Å². The molecule has 3 heteroatoms. The minimum absolute atomic E-state index is 0.355. The van der Waals surface area contributed by atoms with Crippen LogP contribution in [0.5, 0.6) is 0 Å². The summed E-state index contributed by atoms with van der Waals surface area (Å²) in [6, 6.07) is 8.16. The molecule has 0 radical (unpaired) electrons. The Morgan fingerprint density at radius 3 is 2.10 bits per heavy atom. The van der Waals surface area contributed by atoms with E-state index in [1.54, 1.807) is 0 Å². The predicted molar refractivity (Wildman–Crippen MR) is 93.9 cm³/mol. The molecule has 0 N–H and O–H groups in total. The Balaban J connectivity index is 2.65. The van der Waals surface area contributed by atoms with E-state index in [-0.39, 0.29) is 0 Å². The van der Waals surface area contributed by atoms with Gasteiger partial charge in [0.15, 0.2) is 0 Å². The molecule has 0 heterocycles. The van der Waals surface area contributed by atoms with Gasteiger partial charge in [0.1, 0.15) is 0 Å². The third-order valence-electron chi connectivity index (χ3n) is 3.87. The standard InChI is InChI=1S/C17H28ClNS/c1-4-10-17(14-20,11-5-2)13-19(3)12-15-6-8-16(18)9-7-15/h6-9,20H,4-5,10-14H2,1-3H3. The molecule has 0 aromatic heterocycles. The van der Waals surface area contributed by atoms with Gasteiger partial charge in [0.2, 0.25) is 0 Å². The molecule has 0 unspecified atom stereocenters. The van der Waals surface area contributed by atoms with Crippen LogP contribution < -0.4 is 0 Å². The van der Waals surface area contributed by atoms with Gasteiger partial charge in [-0.05, 0) is 48.8 Å². The highest BCUT2D eigenvalue weighted by Crippen LogP contribution is 2.32. The van der Waals surface area contributed by atoms with Crippen molar-refractivity contribution in [2.75, 3.05) is 19.3 Å². The van der Waals surface area contributed by atoms with Crippen LogP contribution >= 0.6 is 24.2 Å². The van der Waals surface area contributed by atoms with Gasteiger partial charge in [0, 0.05) is 18.1 Å². The first kappa shape index (κ1) is 17.9. The molecule has 0 amide bonds. The second kappa shape index (κ2) is 8.96. The van der Waals surface area contributed by atoms with Crippen LogP contribution in [0.25, 0.3) is 0 Å². The zero-order valence-electron chi connectivity index (χ0n) is 13.0. The number of hydrogen-bond donors (Lipinski definition) is 1. The van der Waals surface area contributed by atoms with Crippen LogP contribution in [0.3, 0.4) is 0 Å². The largest absolute Gasteiger partial charge is 0.302 e. The molecule has 1 rings (SSSR count). The number of nitrogens with zero attached hydrogens (tertiary/aromatic N) is 1. The molecular weight excluding hydrogens is 286 g/mol. The maximum atomic E-state index is 5.94. The fraction of sp³-hybridized carbons (Fsp3) is 0.647. The quantitative estimate of drug-likeness (QED) is 0.606. The minimum Gasteiger partial charge on any atom is -0.302 e. The third kappa shape index (κ3) is 5.67. The number of thiol groups is 1. The van der Waals surface area contributed by atoms with E-state index < -0.39 is 0 Å². The molecule has 0 atom stereocenters. The van der Waals surface area contributed by atoms with Crippen molar-refractivity contribution in [2.24, 2.45) is 5.41 Å². The summed E-state index contributed by atoms with van der Waals surface area (Å²) < 4.78 is 0. The first-order valence-electron chi connectivity index (χ1n) is 7.59. The van der Waals surface area contributed by atoms with E-state index in [0.717, 1.165) is 23.9 Å². The SMILES string of the molecule is CCCC(CS)(CCC)CN(C)Cc1ccc(Cl)cc1. The van der Waals surface area contributed by atoms with E-state index in [4.69, 9.17) is 11.6 Å². The highest BCUT2D eigenvalue weighted by molar-refractivity contribution is 7.80. The fourth-order valence-corrected chi connectivity index (χ4v) is 3.62. The lowest BCUT2D eigenvalue weighted by atomic mass is 9.80. The van der Waals surface area contributed by atoms with Gasteiger partial charge in [-0.25, -0.2) is 0 Å². The molecular formula is C17H28ClNS. The summed E-state index contributed by atoms with van der Waals surface area (Å²) >= 11 is 10.6. The molecule has 20 heavy (non-hydrogen) atoms. The fourth-order valence-electron chi connectivity index (χ4n) is 3.08. The molecule has 0 aliphatic rings. The van der Waals surface area contributed by atoms with Crippen molar-refractivity contribution in [3.8, 4) is 0 Å². The Morgan fingerprint density at radius 1 is 1.10 bits per heavy atom. The maximum absolute atomic E-state index is 5.94. The Labute approximate surface area is 135 Å². The van der Waals surface area contributed by atoms with Gasteiger partial charge in [-0.3, -0.25) is 0 Å². The zero-order chi connectivity index (χ0) is 15.0. The topological polar surface area (TPSA) is 3.24 Å². The van der Waals surface area contributed by atoms with Gasteiger partial charge in [0.05, 0.1) is 0 Å². The molecule has 0 spiro atoms. The van der Waals surface area contributed by atoms with Crippen LogP contribution in [0.2, 0.25) is 5.02 Å². The van der Waals surface area contributed by atoms with Crippen LogP contribution in [0, 0.1) is 5.41 Å². The lowest BCUT2D eigenvalue weighted by Crippen LogP contribution is -2.37. The van der Waals surface area contributed by atoms with E-state index in [1.807, 2.05) is 12.1 Å². The van der Waals surface area contributed by atoms with E-state index in [2.05, 4.69) is 50.6 Å². The zero-order valence-corrected chi connectivity index (χ0v) is 14.7. The summed E-state index contributed by atoms with van der Waals surface area (Å²) in [5.41, 5.74) is 1.67. The van der Waals surface area contributed by atoms with Crippen LogP contribution in [-0.4, -0.2) is 24.2 Å². The average Bonchev–Trinajstić information content (AvgIpc) is 2.42. The van der Waals surface area contributed by atoms with Crippen molar-refractivity contribution < 1.29 is 0 Å². The summed E-state index contributed by atoms with van der Waals surface area (Å²) in [4.78, 5) is 2.42. The van der Waals surface area contributed by atoms with Crippen LogP contribution in [0.4, 0.5) is 0 Å². The minimum atomic E-state index is 0.355. The van der Waals surface area contributed by atoms with Crippen molar-refractivity contribution in [3.05, 3.63) is 34.9 Å². The molecule has 1 nitrogen and oxygen atoms in total. The molecule has 0 aliphatic carbocycles. The molecule has 114 valence electrons. The van der Waals surface area contributed by atoms with E-state index in [9.17, 15) is 0 Å². The van der Waals surface area contributed by atoms with Crippen molar-refractivity contribution in [2.45, 2.75) is 46.1 Å².